The van der Waals surface area contributed by atoms with Crippen molar-refractivity contribution in [1.82, 2.24) is 5.01 Å². The van der Waals surface area contributed by atoms with Gasteiger partial charge in [0.1, 0.15) is 0 Å². The summed E-state index contributed by atoms with van der Waals surface area (Å²) in [5, 5.41) is 4.55. The molecule has 0 aliphatic rings. The second kappa shape index (κ2) is 3.33. The first-order valence-corrected chi connectivity index (χ1v) is 2.03. The lowest BCUT2D eigenvalue weighted by atomic mass is 10.7. The molecule has 0 N–H and O–H groups in total. The summed E-state index contributed by atoms with van der Waals surface area (Å²) in [6, 6.07) is 0. The number of hydrogen-bond acceptors (Lipinski definition) is 2. The van der Waals surface area contributed by atoms with E-state index >= 15 is 0 Å². The molecule has 0 aromatic heterocycles. The van der Waals surface area contributed by atoms with Crippen LogP contribution in [0, 0.1) is 0 Å². The summed E-state index contributed by atoms with van der Waals surface area (Å²) in [5.41, 5.74) is 0. The summed E-state index contributed by atoms with van der Waals surface area (Å²) >= 11 is 0. The van der Waals surface area contributed by atoms with E-state index in [-0.39, 0.29) is 0 Å². The highest BCUT2D eigenvalue weighted by Gasteiger charge is 1.85. The van der Waals surface area contributed by atoms with Gasteiger partial charge in [-0.2, -0.15) is 5.10 Å². The Morgan fingerprint density at radius 2 is 2.57 bits per heavy atom. The van der Waals surface area contributed by atoms with Gasteiger partial charge in [-0.1, -0.05) is 0 Å². The molecule has 0 spiro atoms. The van der Waals surface area contributed by atoms with Crippen LogP contribution in [0.5, 0.6) is 0 Å². The van der Waals surface area contributed by atoms with Gasteiger partial charge in [-0.3, -0.25) is 4.79 Å². The summed E-state index contributed by atoms with van der Waals surface area (Å²) < 4.78 is 0. The monoisotopic (exact) mass is 100 g/mol. The first kappa shape index (κ1) is 6.14. The second-order valence-electron chi connectivity index (χ2n) is 1.00. The molecule has 0 atom stereocenters. The van der Waals surface area contributed by atoms with E-state index < -0.39 is 0 Å². The highest BCUT2D eigenvalue weighted by atomic mass is 16.1. The second-order valence-corrected chi connectivity index (χ2v) is 1.00. The molecule has 0 aromatic carbocycles. The molecule has 3 heteroatoms. The minimum atomic E-state index is 0.590. The normalized spacial score (nSPS) is 7.57. The van der Waals surface area contributed by atoms with E-state index in [1.54, 1.807) is 0 Å². The Hall–Kier alpha value is -0.860. The maximum absolute atomic E-state index is 9.76. The molecule has 0 radical (unpaired) electrons. The molecule has 0 saturated carbocycles. The van der Waals surface area contributed by atoms with Crippen LogP contribution in [0.15, 0.2) is 5.10 Å². The maximum atomic E-state index is 9.76. The molecule has 0 unspecified atom stereocenters. The highest BCUT2D eigenvalue weighted by molar-refractivity contribution is 5.47. The Labute approximate surface area is 42.6 Å². The van der Waals surface area contributed by atoms with Crippen molar-refractivity contribution >= 4 is 13.1 Å². The summed E-state index contributed by atoms with van der Waals surface area (Å²) in [5.74, 6) is 0. The predicted octanol–water partition coefficient (Wildman–Crippen LogP) is 0.0803. The van der Waals surface area contributed by atoms with Gasteiger partial charge in [-0.05, 0) is 6.92 Å². The predicted molar refractivity (Wildman–Crippen MR) is 28.0 cm³/mol. The lowest BCUT2D eigenvalue weighted by Crippen LogP contribution is -2.12. The molecule has 0 rings (SSSR count). The highest BCUT2D eigenvalue weighted by Crippen LogP contribution is 1.76. The number of amides is 1. The summed E-state index contributed by atoms with van der Waals surface area (Å²) in [4.78, 5) is 9.76. The minimum Gasteiger partial charge on any atom is -0.277 e. The van der Waals surface area contributed by atoms with Gasteiger partial charge in [0.05, 0.1) is 0 Å². The number of rotatable bonds is 3. The molecule has 0 bridgehead atoms. The molecule has 0 aliphatic heterocycles. The van der Waals surface area contributed by atoms with E-state index in [4.69, 9.17) is 0 Å². The topological polar surface area (TPSA) is 32.7 Å². The Morgan fingerprint density at radius 1 is 2.00 bits per heavy atom. The molecule has 0 aliphatic carbocycles. The third-order valence-electron chi connectivity index (χ3n) is 0.627. The van der Waals surface area contributed by atoms with Gasteiger partial charge in [0.2, 0.25) is 6.41 Å². The van der Waals surface area contributed by atoms with Crippen LogP contribution in [0.4, 0.5) is 0 Å². The molecule has 40 valence electrons. The summed E-state index contributed by atoms with van der Waals surface area (Å²) in [6.07, 6.45) is 0.632. The van der Waals surface area contributed by atoms with Crippen molar-refractivity contribution in [2.24, 2.45) is 5.10 Å². The zero-order valence-electron chi connectivity index (χ0n) is 4.29. The van der Waals surface area contributed by atoms with Crippen molar-refractivity contribution in [2.75, 3.05) is 6.54 Å². The largest absolute Gasteiger partial charge is 0.277 e. The fourth-order valence-corrected chi connectivity index (χ4v) is 0.208. The molecule has 0 heterocycles. The number of nitrogens with zero attached hydrogens (tertiary/aromatic N) is 2. The molecule has 1 amide bonds. The van der Waals surface area contributed by atoms with Crippen LogP contribution in [0.1, 0.15) is 6.92 Å². The van der Waals surface area contributed by atoms with E-state index in [0.717, 1.165) is 0 Å². The molecule has 3 nitrogen and oxygen atoms in total. The number of carbonyl (C=O) groups is 1. The lowest BCUT2D eigenvalue weighted by molar-refractivity contribution is -0.117. The average molecular weight is 100 g/mol. The van der Waals surface area contributed by atoms with Crippen LogP contribution < -0.4 is 0 Å². The lowest BCUT2D eigenvalue weighted by Gasteiger charge is -2.02. The number of hydrogen-bond donors (Lipinski definition) is 0. The SMILES string of the molecule is C=NN(C=O)CC. The van der Waals surface area contributed by atoms with Crippen molar-refractivity contribution < 1.29 is 4.79 Å². The van der Waals surface area contributed by atoms with Crippen LogP contribution in [0.2, 0.25) is 0 Å². The van der Waals surface area contributed by atoms with Crippen molar-refractivity contribution in [3.05, 3.63) is 0 Å². The number of hydrazone groups is 1. The van der Waals surface area contributed by atoms with Gasteiger partial charge in [-0.15, -0.1) is 0 Å². The zero-order chi connectivity index (χ0) is 5.70. The van der Waals surface area contributed by atoms with Gasteiger partial charge in [0, 0.05) is 13.3 Å². The summed E-state index contributed by atoms with van der Waals surface area (Å²) in [6.45, 7) is 5.56. The van der Waals surface area contributed by atoms with E-state index in [9.17, 15) is 4.79 Å². The van der Waals surface area contributed by atoms with E-state index in [1.165, 1.54) is 5.01 Å². The van der Waals surface area contributed by atoms with Gasteiger partial charge in [0.25, 0.3) is 0 Å². The average Bonchev–Trinajstić information content (AvgIpc) is 1.72. The third kappa shape index (κ3) is 1.92. The van der Waals surface area contributed by atoms with Gasteiger partial charge in [-0.25, -0.2) is 5.01 Å². The first-order chi connectivity index (χ1) is 3.35. The fourth-order valence-electron chi connectivity index (χ4n) is 0.208. The van der Waals surface area contributed by atoms with E-state index in [0.29, 0.717) is 13.0 Å². The van der Waals surface area contributed by atoms with Crippen LogP contribution in [0.25, 0.3) is 0 Å². The van der Waals surface area contributed by atoms with Crippen molar-refractivity contribution in [2.45, 2.75) is 6.92 Å². The van der Waals surface area contributed by atoms with E-state index in [2.05, 4.69) is 11.8 Å². The quantitative estimate of drug-likeness (QED) is 0.281. The minimum absolute atomic E-state index is 0.590. The smallest absolute Gasteiger partial charge is 0.229 e. The molecule has 7 heavy (non-hydrogen) atoms. The van der Waals surface area contributed by atoms with Crippen LogP contribution in [0.3, 0.4) is 0 Å². The van der Waals surface area contributed by atoms with Crippen LogP contribution in [-0.4, -0.2) is 24.7 Å². The Kier molecular flexibility index (Phi) is 2.92. The van der Waals surface area contributed by atoms with Gasteiger partial charge in [0.15, 0.2) is 0 Å². The Morgan fingerprint density at radius 3 is 2.57 bits per heavy atom. The Balaban J connectivity index is 3.36. The first-order valence-electron chi connectivity index (χ1n) is 2.03. The van der Waals surface area contributed by atoms with Gasteiger partial charge < -0.3 is 0 Å². The molecular weight excluding hydrogens is 92.1 g/mol. The van der Waals surface area contributed by atoms with Crippen molar-refractivity contribution in [1.29, 1.82) is 0 Å². The number of carbonyl (C=O) groups excluding carboxylic acids is 1. The zero-order valence-corrected chi connectivity index (χ0v) is 4.29. The maximum Gasteiger partial charge on any atom is 0.229 e. The fraction of sp³-hybridized carbons (Fsp3) is 0.500. The molecule has 0 aromatic rings. The van der Waals surface area contributed by atoms with E-state index in [1.807, 2.05) is 6.92 Å². The summed E-state index contributed by atoms with van der Waals surface area (Å²) in [7, 11) is 0. The van der Waals surface area contributed by atoms with Crippen molar-refractivity contribution in [3.63, 3.8) is 0 Å². The van der Waals surface area contributed by atoms with Crippen LogP contribution in [-0.2, 0) is 4.79 Å². The Bertz CT molecular complexity index is 64.1. The van der Waals surface area contributed by atoms with Crippen molar-refractivity contribution in [3.8, 4) is 0 Å². The molecule has 0 fully saturated rings. The molecule has 0 saturated heterocycles. The third-order valence-corrected chi connectivity index (χ3v) is 0.627. The molecular formula is C4H8N2O. The standard InChI is InChI=1S/C4H8N2O/c1-3-6(4-7)5-2/h4H,2-3H2,1H3. The van der Waals surface area contributed by atoms with Gasteiger partial charge >= 0.3 is 0 Å². The van der Waals surface area contributed by atoms with Crippen LogP contribution >= 0.6 is 0 Å².